The molecule has 52 valence electrons. The predicted octanol–water partition coefficient (Wildman–Crippen LogP) is 0.0562. The highest BCUT2D eigenvalue weighted by Gasteiger charge is 1.87. The number of aliphatic hydroxyl groups excluding tert-OH is 2. The van der Waals surface area contributed by atoms with E-state index in [4.69, 9.17) is 10.2 Å². The molecule has 0 aromatic rings. The first-order chi connectivity index (χ1) is 4.85. The van der Waals surface area contributed by atoms with Crippen LogP contribution in [0.15, 0.2) is 12.7 Å². The maximum absolute atomic E-state index is 8.10. The van der Waals surface area contributed by atoms with Crippen LogP contribution in [-0.2, 0) is 0 Å². The Bertz CT molecular complexity index is 193. The summed E-state index contributed by atoms with van der Waals surface area (Å²) in [6.45, 7) is 3.80. The minimum absolute atomic E-state index is 0.376. The maximum Gasteiger partial charge on any atom is 0.132 e. The van der Waals surface area contributed by atoms with Gasteiger partial charge in [0.15, 0.2) is 0 Å². The van der Waals surface area contributed by atoms with Crippen LogP contribution in [0.4, 0.5) is 0 Å². The van der Waals surface area contributed by atoms with E-state index in [1.165, 1.54) is 4.90 Å². The Balaban J connectivity index is 4.01. The zero-order valence-corrected chi connectivity index (χ0v) is 5.33. The van der Waals surface area contributed by atoms with Gasteiger partial charge in [-0.1, -0.05) is 6.08 Å². The molecule has 0 saturated heterocycles. The summed E-state index contributed by atoms with van der Waals surface area (Å²) < 4.78 is 0. The van der Waals surface area contributed by atoms with Crippen molar-refractivity contribution in [2.75, 3.05) is 6.54 Å². The molecule has 0 amide bonds. The van der Waals surface area contributed by atoms with Gasteiger partial charge in [0.05, 0.1) is 18.6 Å². The van der Waals surface area contributed by atoms with E-state index in [0.717, 1.165) is 0 Å². The van der Waals surface area contributed by atoms with Gasteiger partial charge >= 0.3 is 0 Å². The van der Waals surface area contributed by atoms with Gasteiger partial charge in [-0.15, -0.1) is 6.58 Å². The SMILES string of the molecule is C=CCN(C#CO)C#CO. The van der Waals surface area contributed by atoms with Crippen LogP contribution in [0.3, 0.4) is 0 Å². The summed E-state index contributed by atoms with van der Waals surface area (Å²) in [4.78, 5) is 1.20. The van der Waals surface area contributed by atoms with Gasteiger partial charge in [-0.05, 0) is 0 Å². The molecule has 3 nitrogen and oxygen atoms in total. The Morgan fingerprint density at radius 1 is 1.30 bits per heavy atom. The molecule has 0 spiro atoms. The lowest BCUT2D eigenvalue weighted by atomic mass is 10.6. The first-order valence-electron chi connectivity index (χ1n) is 2.53. The first kappa shape index (κ1) is 8.26. The molecule has 0 aliphatic heterocycles. The Kier molecular flexibility index (Phi) is 4.46. The van der Waals surface area contributed by atoms with Crippen LogP contribution in [0.25, 0.3) is 0 Å². The first-order valence-corrected chi connectivity index (χ1v) is 2.53. The molecule has 0 saturated carbocycles. The average Bonchev–Trinajstić information content (AvgIpc) is 1.90. The molecule has 3 heteroatoms. The van der Waals surface area contributed by atoms with Crippen molar-refractivity contribution >= 4 is 0 Å². The standard InChI is InChI=1S/C7H7NO2/c1-2-3-8(4-6-9)5-7-10/h2,9-10H,1,3H2. The molecule has 0 aromatic carbocycles. The fourth-order valence-corrected chi connectivity index (χ4v) is 0.369. The summed E-state index contributed by atoms with van der Waals surface area (Å²) in [6, 6.07) is 4.44. The highest BCUT2D eigenvalue weighted by molar-refractivity contribution is 5.05. The summed E-state index contributed by atoms with van der Waals surface area (Å²) in [7, 11) is 0. The fraction of sp³-hybridized carbons (Fsp3) is 0.143. The molecule has 10 heavy (non-hydrogen) atoms. The van der Waals surface area contributed by atoms with E-state index in [1.807, 2.05) is 0 Å². The van der Waals surface area contributed by atoms with Crippen LogP contribution < -0.4 is 0 Å². The average molecular weight is 137 g/mol. The smallest absolute Gasteiger partial charge is 0.132 e. The highest BCUT2D eigenvalue weighted by atomic mass is 16.2. The lowest BCUT2D eigenvalue weighted by Crippen LogP contribution is -2.09. The second-order valence-corrected chi connectivity index (χ2v) is 1.35. The van der Waals surface area contributed by atoms with Gasteiger partial charge < -0.3 is 10.2 Å². The molecule has 0 aromatic heterocycles. The third-order valence-electron chi connectivity index (χ3n) is 0.682. The summed E-state index contributed by atoms with van der Waals surface area (Å²) >= 11 is 0. The lowest BCUT2D eigenvalue weighted by molar-refractivity contribution is 0.496. The molecule has 0 bridgehead atoms. The number of nitrogens with zero attached hydrogens (tertiary/aromatic N) is 1. The molecule has 0 heterocycles. The summed E-state index contributed by atoms with van der Waals surface area (Å²) in [6.07, 6.45) is 4.85. The third-order valence-corrected chi connectivity index (χ3v) is 0.682. The second-order valence-electron chi connectivity index (χ2n) is 1.35. The third kappa shape index (κ3) is 3.29. The van der Waals surface area contributed by atoms with Crippen LogP contribution in [0.2, 0.25) is 0 Å². The minimum Gasteiger partial charge on any atom is -0.461 e. The van der Waals surface area contributed by atoms with Crippen LogP contribution in [-0.4, -0.2) is 21.7 Å². The van der Waals surface area contributed by atoms with E-state index in [1.54, 1.807) is 18.3 Å². The quantitative estimate of drug-likeness (QED) is 0.321. The molecule has 0 atom stereocenters. The molecule has 0 rings (SSSR count). The van der Waals surface area contributed by atoms with E-state index in [0.29, 0.717) is 6.54 Å². The van der Waals surface area contributed by atoms with Gasteiger partial charge in [-0.3, -0.25) is 4.90 Å². The Morgan fingerprint density at radius 2 is 1.80 bits per heavy atom. The van der Waals surface area contributed by atoms with Gasteiger partial charge in [-0.2, -0.15) is 0 Å². The van der Waals surface area contributed by atoms with Crippen molar-refractivity contribution in [3.63, 3.8) is 0 Å². The van der Waals surface area contributed by atoms with E-state index in [9.17, 15) is 0 Å². The second kappa shape index (κ2) is 5.40. The van der Waals surface area contributed by atoms with E-state index in [2.05, 4.69) is 18.7 Å². The van der Waals surface area contributed by atoms with Crippen LogP contribution in [0, 0.1) is 24.3 Å². The summed E-state index contributed by atoms with van der Waals surface area (Å²) in [5.41, 5.74) is 0. The highest BCUT2D eigenvalue weighted by Crippen LogP contribution is 1.79. The molecule has 0 aliphatic rings. The minimum atomic E-state index is 0.376. The Morgan fingerprint density at radius 3 is 2.10 bits per heavy atom. The number of hydrogen-bond acceptors (Lipinski definition) is 3. The molecular formula is C7H7NO2. The fourth-order valence-electron chi connectivity index (χ4n) is 0.369. The topological polar surface area (TPSA) is 43.7 Å². The summed E-state index contributed by atoms with van der Waals surface area (Å²) in [5, 5.41) is 16.2. The molecule has 0 fully saturated rings. The monoisotopic (exact) mass is 137 g/mol. The number of aliphatic hydroxyl groups is 2. The summed E-state index contributed by atoms with van der Waals surface area (Å²) in [5.74, 6) is 0. The number of hydrogen-bond donors (Lipinski definition) is 2. The van der Waals surface area contributed by atoms with Gasteiger partial charge in [0, 0.05) is 0 Å². The van der Waals surface area contributed by atoms with Crippen molar-refractivity contribution in [2.24, 2.45) is 0 Å². The van der Waals surface area contributed by atoms with Crippen LogP contribution in [0.1, 0.15) is 0 Å². The molecule has 0 aliphatic carbocycles. The van der Waals surface area contributed by atoms with Crippen molar-refractivity contribution < 1.29 is 10.2 Å². The largest absolute Gasteiger partial charge is 0.461 e. The lowest BCUT2D eigenvalue weighted by Gasteiger charge is -2.01. The Labute approximate surface area is 59.6 Å². The zero-order valence-electron chi connectivity index (χ0n) is 5.33. The maximum atomic E-state index is 8.10. The zero-order chi connectivity index (χ0) is 7.82. The van der Waals surface area contributed by atoms with Gasteiger partial charge in [0.2, 0.25) is 0 Å². The van der Waals surface area contributed by atoms with Crippen molar-refractivity contribution in [1.82, 2.24) is 4.90 Å². The van der Waals surface area contributed by atoms with Gasteiger partial charge in [0.25, 0.3) is 0 Å². The molecule has 0 radical (unpaired) electrons. The molecule has 0 unspecified atom stereocenters. The van der Waals surface area contributed by atoms with E-state index < -0.39 is 0 Å². The van der Waals surface area contributed by atoms with Gasteiger partial charge in [-0.25, -0.2) is 0 Å². The molecule has 2 N–H and O–H groups in total. The van der Waals surface area contributed by atoms with Crippen LogP contribution >= 0.6 is 0 Å². The van der Waals surface area contributed by atoms with Crippen molar-refractivity contribution in [2.45, 2.75) is 0 Å². The van der Waals surface area contributed by atoms with Crippen LogP contribution in [0.5, 0.6) is 0 Å². The predicted molar refractivity (Wildman–Crippen MR) is 36.3 cm³/mol. The number of rotatable bonds is 2. The van der Waals surface area contributed by atoms with Gasteiger partial charge in [0.1, 0.15) is 12.2 Å². The molecular weight excluding hydrogens is 130 g/mol. The van der Waals surface area contributed by atoms with E-state index in [-0.39, 0.29) is 0 Å². The van der Waals surface area contributed by atoms with Crippen molar-refractivity contribution in [3.8, 4) is 24.3 Å². The van der Waals surface area contributed by atoms with Crippen molar-refractivity contribution in [3.05, 3.63) is 12.7 Å². The van der Waals surface area contributed by atoms with Crippen molar-refractivity contribution in [1.29, 1.82) is 0 Å². The normalized spacial score (nSPS) is 6.00. The van der Waals surface area contributed by atoms with E-state index >= 15 is 0 Å². The Hall–Kier alpha value is -1.74.